The third kappa shape index (κ3) is 4.24. The van der Waals surface area contributed by atoms with Crippen molar-refractivity contribution in [3.63, 3.8) is 0 Å². The Bertz CT molecular complexity index is 58.5. The summed E-state index contributed by atoms with van der Waals surface area (Å²) in [7, 11) is 7.58. The molecule has 0 saturated carbocycles. The van der Waals surface area contributed by atoms with E-state index in [0.717, 1.165) is 7.55 Å². The van der Waals surface area contributed by atoms with Crippen molar-refractivity contribution in [2.24, 2.45) is 5.64 Å². The number of nitrogens with two attached hydrogens (primary N) is 1. The SMILES string of the molecule is BN(C)BN(C)BN. The van der Waals surface area contributed by atoms with Crippen LogP contribution in [0.1, 0.15) is 0 Å². The number of hydrogen-bond acceptors (Lipinski definition) is 3. The maximum atomic E-state index is 5.32. The van der Waals surface area contributed by atoms with E-state index in [4.69, 9.17) is 5.64 Å². The van der Waals surface area contributed by atoms with Crippen LogP contribution in [0.25, 0.3) is 0 Å². The summed E-state index contributed by atoms with van der Waals surface area (Å²) < 4.78 is 4.10. The third-order valence-electron chi connectivity index (χ3n) is 0.836. The quantitative estimate of drug-likeness (QED) is 0.391. The second kappa shape index (κ2) is 4.00. The topological polar surface area (TPSA) is 32.5 Å². The lowest BCUT2D eigenvalue weighted by molar-refractivity contribution is 0.732. The second-order valence-corrected chi connectivity index (χ2v) is 2.26. The molecule has 8 heavy (non-hydrogen) atoms. The molecule has 0 aliphatic rings. The van der Waals surface area contributed by atoms with Gasteiger partial charge < -0.3 is 15.1 Å². The van der Waals surface area contributed by atoms with Gasteiger partial charge >= 0.3 is 0 Å². The van der Waals surface area contributed by atoms with Crippen molar-refractivity contribution < 1.29 is 0 Å². The van der Waals surface area contributed by atoms with Crippen LogP contribution in [0.2, 0.25) is 0 Å². The van der Waals surface area contributed by atoms with E-state index in [-0.39, 0.29) is 0 Å². The van der Waals surface area contributed by atoms with Crippen molar-refractivity contribution in [2.45, 2.75) is 0 Å². The van der Waals surface area contributed by atoms with Crippen LogP contribution >= 0.6 is 0 Å². The Morgan fingerprint density at radius 3 is 2.12 bits per heavy atom. The molecule has 0 saturated heterocycles. The monoisotopic (exact) mass is 111 g/mol. The number of hydrogen-bond donors (Lipinski definition) is 1. The first-order chi connectivity index (χ1) is 3.66. The van der Waals surface area contributed by atoms with Crippen molar-refractivity contribution >= 4 is 23.1 Å². The minimum Gasteiger partial charge on any atom is -0.382 e. The lowest BCUT2D eigenvalue weighted by atomic mass is 9.92. The Balaban J connectivity index is 3.10. The first-order valence-electron chi connectivity index (χ1n) is 2.70. The molecule has 0 aromatic carbocycles. The van der Waals surface area contributed by atoms with Gasteiger partial charge in [-0.05, 0) is 14.1 Å². The van der Waals surface area contributed by atoms with E-state index in [1.165, 1.54) is 0 Å². The first kappa shape index (κ1) is 8.07. The van der Waals surface area contributed by atoms with Gasteiger partial charge in [0.15, 0.2) is 7.98 Å². The molecule has 0 unspecified atom stereocenters. The predicted molar refractivity (Wildman–Crippen MR) is 42.6 cm³/mol. The molecule has 0 aromatic rings. The van der Waals surface area contributed by atoms with E-state index in [2.05, 4.69) is 4.72 Å². The van der Waals surface area contributed by atoms with Gasteiger partial charge in [0.1, 0.15) is 0 Å². The zero-order valence-corrected chi connectivity index (χ0v) is 5.89. The fourth-order valence-corrected chi connectivity index (χ4v) is 0.541. The molecular formula is C2H12B3N3. The molecule has 0 rings (SSSR count). The van der Waals surface area contributed by atoms with Gasteiger partial charge in [0.2, 0.25) is 0 Å². The molecule has 0 atom stereocenters. The summed E-state index contributed by atoms with van der Waals surface area (Å²) in [6.07, 6.45) is 0. The van der Waals surface area contributed by atoms with Gasteiger partial charge in [-0.1, -0.05) is 0 Å². The van der Waals surface area contributed by atoms with E-state index in [0.29, 0.717) is 7.55 Å². The molecule has 0 fully saturated rings. The molecule has 0 radical (unpaired) electrons. The van der Waals surface area contributed by atoms with Gasteiger partial charge in [0.05, 0.1) is 0 Å². The highest BCUT2D eigenvalue weighted by atomic mass is 15.1. The largest absolute Gasteiger partial charge is 0.382 e. The fraction of sp³-hybridized carbons (Fsp3) is 1.00. The highest BCUT2D eigenvalue weighted by molar-refractivity contribution is 6.50. The molecule has 0 bridgehead atoms. The van der Waals surface area contributed by atoms with E-state index in [1.54, 1.807) is 0 Å². The standard InChI is InChI=1S/C2H12B3N3/c1-7(3)5-8(2)4-6/h4-5H,3,6H2,1-2H3. The minimum absolute atomic E-state index is 0.623. The molecule has 0 heterocycles. The van der Waals surface area contributed by atoms with Gasteiger partial charge in [-0.3, -0.25) is 0 Å². The van der Waals surface area contributed by atoms with E-state index in [1.807, 2.05) is 26.8 Å². The normalized spacial score (nSPS) is 10.1. The van der Waals surface area contributed by atoms with Crippen LogP contribution in [0.15, 0.2) is 0 Å². The van der Waals surface area contributed by atoms with Gasteiger partial charge in [-0.25, -0.2) is 0 Å². The maximum Gasteiger partial charge on any atom is 0.275 e. The Morgan fingerprint density at radius 2 is 2.00 bits per heavy atom. The summed E-state index contributed by atoms with van der Waals surface area (Å²) in [5, 5.41) is 0. The van der Waals surface area contributed by atoms with Crippen molar-refractivity contribution in [3.05, 3.63) is 0 Å². The van der Waals surface area contributed by atoms with Crippen molar-refractivity contribution in [2.75, 3.05) is 14.1 Å². The van der Waals surface area contributed by atoms with Crippen molar-refractivity contribution in [3.8, 4) is 0 Å². The Hall–Kier alpha value is 0.0748. The number of nitrogens with zero attached hydrogens (tertiary/aromatic N) is 2. The minimum atomic E-state index is 0.623. The highest BCUT2D eigenvalue weighted by Gasteiger charge is 1.98. The molecule has 44 valence electrons. The fourth-order valence-electron chi connectivity index (χ4n) is 0.541. The summed E-state index contributed by atoms with van der Waals surface area (Å²) in [4.78, 5) is 0. The molecule has 0 aliphatic heterocycles. The van der Waals surface area contributed by atoms with E-state index in [9.17, 15) is 0 Å². The molecule has 0 aliphatic carbocycles. The molecule has 6 heteroatoms. The average molecular weight is 111 g/mol. The summed E-state index contributed by atoms with van der Waals surface area (Å²) in [5.41, 5.74) is 5.32. The van der Waals surface area contributed by atoms with Crippen LogP contribution in [0.4, 0.5) is 0 Å². The van der Waals surface area contributed by atoms with Gasteiger partial charge in [0.25, 0.3) is 15.1 Å². The smallest absolute Gasteiger partial charge is 0.275 e. The van der Waals surface area contributed by atoms with Gasteiger partial charge in [-0.15, -0.1) is 0 Å². The molecule has 0 spiro atoms. The van der Waals surface area contributed by atoms with Crippen LogP contribution in [0.5, 0.6) is 0 Å². The predicted octanol–water partition coefficient (Wildman–Crippen LogP) is -3.11. The second-order valence-electron chi connectivity index (χ2n) is 2.26. The molecule has 2 N–H and O–H groups in total. The van der Waals surface area contributed by atoms with Crippen molar-refractivity contribution in [1.82, 2.24) is 9.44 Å². The summed E-state index contributed by atoms with van der Waals surface area (Å²) in [5.74, 6) is 0. The van der Waals surface area contributed by atoms with Crippen LogP contribution in [-0.2, 0) is 0 Å². The van der Waals surface area contributed by atoms with Crippen LogP contribution in [-0.4, -0.2) is 46.6 Å². The van der Waals surface area contributed by atoms with Crippen LogP contribution < -0.4 is 5.64 Å². The first-order valence-corrected chi connectivity index (χ1v) is 2.70. The van der Waals surface area contributed by atoms with Crippen LogP contribution in [0.3, 0.4) is 0 Å². The lowest BCUT2D eigenvalue weighted by Gasteiger charge is -2.15. The Morgan fingerprint density at radius 1 is 1.50 bits per heavy atom. The Labute approximate surface area is 53.2 Å². The lowest BCUT2D eigenvalue weighted by Crippen LogP contribution is -2.41. The van der Waals surface area contributed by atoms with Crippen LogP contribution in [0, 0.1) is 0 Å². The zero-order chi connectivity index (χ0) is 6.57. The molecule has 0 aromatic heterocycles. The zero-order valence-electron chi connectivity index (χ0n) is 5.89. The molecule has 0 amide bonds. The summed E-state index contributed by atoms with van der Waals surface area (Å²) in [6, 6.07) is 0. The molecular weight excluding hydrogens is 98.5 g/mol. The maximum absolute atomic E-state index is 5.32. The Kier molecular flexibility index (Phi) is 4.04. The van der Waals surface area contributed by atoms with E-state index < -0.39 is 0 Å². The van der Waals surface area contributed by atoms with Gasteiger partial charge in [-0.2, -0.15) is 0 Å². The third-order valence-corrected chi connectivity index (χ3v) is 0.836. The summed E-state index contributed by atoms with van der Waals surface area (Å²) >= 11 is 0. The van der Waals surface area contributed by atoms with Crippen molar-refractivity contribution in [1.29, 1.82) is 0 Å². The van der Waals surface area contributed by atoms with E-state index >= 15 is 0 Å². The molecule has 3 nitrogen and oxygen atoms in total. The number of rotatable bonds is 3. The average Bonchev–Trinajstić information content (AvgIpc) is 1.65. The summed E-state index contributed by atoms with van der Waals surface area (Å²) in [6.45, 7) is 0. The highest BCUT2D eigenvalue weighted by Crippen LogP contribution is 1.71. The van der Waals surface area contributed by atoms with Gasteiger partial charge in [0, 0.05) is 0 Å².